The first-order valence-electron chi connectivity index (χ1n) is 4.60. The van der Waals surface area contributed by atoms with Crippen LogP contribution in [0.3, 0.4) is 0 Å². The summed E-state index contributed by atoms with van der Waals surface area (Å²) >= 11 is 0. The van der Waals surface area contributed by atoms with Gasteiger partial charge >= 0.3 is 5.69 Å². The van der Waals surface area contributed by atoms with Crippen molar-refractivity contribution in [1.29, 1.82) is 0 Å². The molecule has 0 bridgehead atoms. The fourth-order valence-electron chi connectivity index (χ4n) is 1.56. The van der Waals surface area contributed by atoms with Crippen LogP contribution in [0, 0.1) is 0 Å². The van der Waals surface area contributed by atoms with Crippen LogP contribution < -0.4 is 16.0 Å². The summed E-state index contributed by atoms with van der Waals surface area (Å²) in [7, 11) is 0. The number of aliphatic hydroxyl groups excluding tert-OH is 2. The lowest BCUT2D eigenvalue weighted by Crippen LogP contribution is -2.32. The smallest absolute Gasteiger partial charge is 0.328 e. The molecule has 0 aliphatic carbocycles. The first-order chi connectivity index (χ1) is 7.49. The zero-order valence-electron chi connectivity index (χ0n) is 8.35. The Kier molecular flexibility index (Phi) is 2.41. The zero-order chi connectivity index (χ0) is 11.9. The number of H-pyrrole nitrogens is 2. The van der Waals surface area contributed by atoms with Crippen molar-refractivity contribution >= 4 is 5.57 Å². The fraction of sp³-hybridized carbons (Fsp3) is 0.333. The van der Waals surface area contributed by atoms with Crippen molar-refractivity contribution in [2.45, 2.75) is 19.3 Å². The Morgan fingerprint density at radius 1 is 1.44 bits per heavy atom. The van der Waals surface area contributed by atoms with Gasteiger partial charge in [0, 0.05) is 5.57 Å². The van der Waals surface area contributed by atoms with Gasteiger partial charge in [0.25, 0.3) is 5.56 Å². The summed E-state index contributed by atoms with van der Waals surface area (Å²) in [6.45, 7) is 1.44. The maximum absolute atomic E-state index is 11.5. The van der Waals surface area contributed by atoms with E-state index in [-0.39, 0.29) is 17.0 Å². The number of fused-ring (bicyclic) bond motifs is 1. The fourth-order valence-corrected chi connectivity index (χ4v) is 1.56. The summed E-state index contributed by atoms with van der Waals surface area (Å²) in [6, 6.07) is 0. The highest BCUT2D eigenvalue weighted by Crippen LogP contribution is 2.27. The van der Waals surface area contributed by atoms with E-state index in [0.29, 0.717) is 0 Å². The van der Waals surface area contributed by atoms with Crippen molar-refractivity contribution in [2.75, 3.05) is 0 Å². The predicted molar refractivity (Wildman–Crippen MR) is 54.0 cm³/mol. The molecular formula is C9H10N2O5. The Morgan fingerprint density at radius 3 is 2.75 bits per heavy atom. The maximum Gasteiger partial charge on any atom is 0.328 e. The Bertz CT molecular complexity index is 554. The van der Waals surface area contributed by atoms with Crippen molar-refractivity contribution in [3.05, 3.63) is 32.5 Å². The van der Waals surface area contributed by atoms with Crippen LogP contribution >= 0.6 is 0 Å². The first kappa shape index (κ1) is 10.7. The summed E-state index contributed by atoms with van der Waals surface area (Å²) in [5, 5.41) is 18.8. The van der Waals surface area contributed by atoms with Crippen molar-refractivity contribution in [3.63, 3.8) is 0 Å². The minimum Gasteiger partial charge on any atom is -0.445 e. The molecule has 1 aliphatic heterocycles. The summed E-state index contributed by atoms with van der Waals surface area (Å²) in [6.07, 6.45) is -1.04. The second-order valence-electron chi connectivity index (χ2n) is 3.42. The molecule has 0 amide bonds. The molecule has 0 saturated heterocycles. The molecule has 7 nitrogen and oxygen atoms in total. The van der Waals surface area contributed by atoms with Crippen LogP contribution in [-0.4, -0.2) is 32.6 Å². The second kappa shape index (κ2) is 3.62. The molecule has 2 atom stereocenters. The number of aromatic nitrogens is 2. The molecule has 1 aliphatic rings. The summed E-state index contributed by atoms with van der Waals surface area (Å²) in [4.78, 5) is 26.8. The monoisotopic (exact) mass is 226 g/mol. The van der Waals surface area contributed by atoms with Gasteiger partial charge in [-0.25, -0.2) is 4.79 Å². The Morgan fingerprint density at radius 2 is 2.12 bits per heavy atom. The first-order valence-corrected chi connectivity index (χ1v) is 4.60. The van der Waals surface area contributed by atoms with Gasteiger partial charge in [0.05, 0.1) is 6.10 Å². The summed E-state index contributed by atoms with van der Waals surface area (Å²) in [5.41, 5.74) is -1.16. The van der Waals surface area contributed by atoms with Gasteiger partial charge in [0.2, 0.25) is 12.2 Å². The van der Waals surface area contributed by atoms with Crippen LogP contribution in [0.1, 0.15) is 12.5 Å². The minimum absolute atomic E-state index is 0.0277. The molecule has 0 fully saturated rings. The quantitative estimate of drug-likeness (QED) is 0.467. The second-order valence-corrected chi connectivity index (χ2v) is 3.42. The lowest BCUT2D eigenvalue weighted by atomic mass is 10.0. The predicted octanol–water partition coefficient (Wildman–Crippen LogP) is -1.46. The molecule has 4 N–H and O–H groups in total. The van der Waals surface area contributed by atoms with Crippen LogP contribution in [0.4, 0.5) is 0 Å². The highest BCUT2D eigenvalue weighted by Gasteiger charge is 2.25. The molecule has 86 valence electrons. The van der Waals surface area contributed by atoms with Gasteiger partial charge in [-0.15, -0.1) is 0 Å². The van der Waals surface area contributed by atoms with Gasteiger partial charge in [-0.2, -0.15) is 0 Å². The molecule has 16 heavy (non-hydrogen) atoms. The molecule has 1 aromatic heterocycles. The number of aliphatic hydroxyl groups is 2. The molecule has 0 saturated carbocycles. The molecule has 2 unspecified atom stereocenters. The van der Waals surface area contributed by atoms with E-state index in [1.807, 2.05) is 4.98 Å². The third kappa shape index (κ3) is 1.66. The van der Waals surface area contributed by atoms with Crippen molar-refractivity contribution < 1.29 is 14.9 Å². The maximum atomic E-state index is 11.5. The van der Waals surface area contributed by atoms with Gasteiger partial charge in [-0.05, 0) is 13.0 Å². The van der Waals surface area contributed by atoms with Crippen molar-refractivity contribution in [3.8, 4) is 5.88 Å². The standard InChI is InChI=1S/C9H10N2O5/c1-3(12)4-2-5(13)16-8-6(4)7(14)10-9(15)11-8/h2-3,5,12-13H,1H3,(H2,10,11,14,15). The number of ether oxygens (including phenoxy) is 1. The molecule has 0 aromatic carbocycles. The number of nitrogens with one attached hydrogen (secondary N) is 2. The molecule has 0 spiro atoms. The minimum atomic E-state index is -1.30. The lowest BCUT2D eigenvalue weighted by Gasteiger charge is -2.21. The third-order valence-electron chi connectivity index (χ3n) is 2.21. The van der Waals surface area contributed by atoms with Crippen LogP contribution in [0.5, 0.6) is 5.88 Å². The Balaban J connectivity index is 2.71. The summed E-state index contributed by atoms with van der Waals surface area (Å²) in [5.74, 6) is -0.139. The van der Waals surface area contributed by atoms with E-state index in [2.05, 4.69) is 4.98 Å². The van der Waals surface area contributed by atoms with Gasteiger partial charge in [-0.3, -0.25) is 14.8 Å². The number of aromatic amines is 2. The van der Waals surface area contributed by atoms with E-state index in [4.69, 9.17) is 4.74 Å². The molecule has 0 radical (unpaired) electrons. The van der Waals surface area contributed by atoms with Crippen LogP contribution in [0.15, 0.2) is 15.7 Å². The average Bonchev–Trinajstić information content (AvgIpc) is 2.14. The molecular weight excluding hydrogens is 216 g/mol. The highest BCUT2D eigenvalue weighted by atomic mass is 16.6. The van der Waals surface area contributed by atoms with Gasteiger partial charge < -0.3 is 14.9 Å². The van der Waals surface area contributed by atoms with E-state index >= 15 is 0 Å². The Labute approximate surface area is 89.0 Å². The van der Waals surface area contributed by atoms with E-state index in [1.165, 1.54) is 13.0 Å². The topological polar surface area (TPSA) is 115 Å². The Hall–Kier alpha value is -1.86. The van der Waals surface area contributed by atoms with E-state index in [0.717, 1.165) is 0 Å². The van der Waals surface area contributed by atoms with Gasteiger partial charge in [0.15, 0.2) is 0 Å². The van der Waals surface area contributed by atoms with Gasteiger partial charge in [0.1, 0.15) is 5.56 Å². The van der Waals surface area contributed by atoms with Crippen LogP contribution in [-0.2, 0) is 0 Å². The van der Waals surface area contributed by atoms with Crippen LogP contribution in [0.2, 0.25) is 0 Å². The average molecular weight is 226 g/mol. The normalized spacial score (nSPS) is 20.7. The summed E-state index contributed by atoms with van der Waals surface area (Å²) < 4.78 is 4.87. The van der Waals surface area contributed by atoms with Crippen LogP contribution in [0.25, 0.3) is 5.57 Å². The van der Waals surface area contributed by atoms with Crippen molar-refractivity contribution in [1.82, 2.24) is 9.97 Å². The van der Waals surface area contributed by atoms with E-state index in [9.17, 15) is 19.8 Å². The SMILES string of the molecule is CC(O)C1=CC(O)Oc2[nH]c(=O)[nH]c(=O)c21. The number of hydrogen-bond acceptors (Lipinski definition) is 5. The number of rotatable bonds is 1. The van der Waals surface area contributed by atoms with Crippen molar-refractivity contribution in [2.24, 2.45) is 0 Å². The third-order valence-corrected chi connectivity index (χ3v) is 2.21. The van der Waals surface area contributed by atoms with Gasteiger partial charge in [-0.1, -0.05) is 0 Å². The molecule has 1 aromatic rings. The molecule has 2 rings (SSSR count). The number of hydrogen-bond donors (Lipinski definition) is 4. The van der Waals surface area contributed by atoms with E-state index in [1.54, 1.807) is 0 Å². The molecule has 2 heterocycles. The van der Waals surface area contributed by atoms with E-state index < -0.39 is 23.6 Å². The molecule has 7 heteroatoms. The zero-order valence-corrected chi connectivity index (χ0v) is 8.35. The largest absolute Gasteiger partial charge is 0.445 e. The highest BCUT2D eigenvalue weighted by molar-refractivity contribution is 5.72. The lowest BCUT2D eigenvalue weighted by molar-refractivity contribution is 0.0171.